The highest BCUT2D eigenvalue weighted by molar-refractivity contribution is 5.72. The van der Waals surface area contributed by atoms with E-state index in [4.69, 9.17) is 4.74 Å². The Hall–Kier alpha value is -0.990. The number of allylic oxidation sites excluding steroid dienone is 1. The van der Waals surface area contributed by atoms with Crippen LogP contribution in [0.25, 0.3) is 0 Å². The maximum atomic E-state index is 11.9. The van der Waals surface area contributed by atoms with Crippen molar-refractivity contribution in [2.75, 3.05) is 6.54 Å². The summed E-state index contributed by atoms with van der Waals surface area (Å²) in [6.07, 6.45) is 5.81. The Balaban J connectivity index is 2.09. The second-order valence-corrected chi connectivity index (χ2v) is 5.36. The Morgan fingerprint density at radius 2 is 2.31 bits per heavy atom. The number of piperidine rings is 1. The zero-order chi connectivity index (χ0) is 11.3. The third-order valence-corrected chi connectivity index (χ3v) is 4.82. The fraction of sp³-hybridized carbons (Fsp3) is 0.769. The van der Waals surface area contributed by atoms with E-state index in [-0.39, 0.29) is 6.09 Å². The van der Waals surface area contributed by atoms with Crippen molar-refractivity contribution in [3.63, 3.8) is 0 Å². The summed E-state index contributed by atoms with van der Waals surface area (Å²) in [5.74, 6) is 0.878. The van der Waals surface area contributed by atoms with Gasteiger partial charge in [0.15, 0.2) is 0 Å². The smallest absolute Gasteiger partial charge is 0.415 e. The fourth-order valence-electron chi connectivity index (χ4n) is 3.90. The Labute approximate surface area is 96.4 Å². The van der Waals surface area contributed by atoms with Gasteiger partial charge in [-0.05, 0) is 50.0 Å². The van der Waals surface area contributed by atoms with E-state index in [1.165, 1.54) is 24.8 Å². The molecule has 0 bridgehead atoms. The van der Waals surface area contributed by atoms with Gasteiger partial charge >= 0.3 is 6.09 Å². The van der Waals surface area contributed by atoms with Crippen molar-refractivity contribution in [2.24, 2.45) is 5.41 Å². The lowest BCUT2D eigenvalue weighted by atomic mass is 9.72. The molecule has 0 unspecified atom stereocenters. The van der Waals surface area contributed by atoms with E-state index >= 15 is 0 Å². The molecule has 1 amide bonds. The van der Waals surface area contributed by atoms with Gasteiger partial charge in [-0.3, -0.25) is 0 Å². The zero-order valence-corrected chi connectivity index (χ0v) is 10.1. The number of cyclic esters (lactones) is 1. The van der Waals surface area contributed by atoms with Crippen molar-refractivity contribution >= 4 is 6.09 Å². The van der Waals surface area contributed by atoms with Crippen LogP contribution in [0.1, 0.15) is 46.0 Å². The monoisotopic (exact) mass is 221 g/mol. The molecule has 1 saturated carbocycles. The fourth-order valence-corrected chi connectivity index (χ4v) is 3.90. The van der Waals surface area contributed by atoms with Gasteiger partial charge < -0.3 is 9.64 Å². The molecule has 3 rings (SSSR count). The highest BCUT2D eigenvalue weighted by atomic mass is 16.6. The molecular weight excluding hydrogens is 202 g/mol. The first kappa shape index (κ1) is 10.2. The van der Waals surface area contributed by atoms with Crippen LogP contribution >= 0.6 is 0 Å². The number of amides is 1. The number of rotatable bonds is 1. The van der Waals surface area contributed by atoms with Crippen molar-refractivity contribution < 1.29 is 9.53 Å². The van der Waals surface area contributed by atoms with E-state index in [0.29, 0.717) is 11.5 Å². The van der Waals surface area contributed by atoms with Crippen LogP contribution < -0.4 is 0 Å². The summed E-state index contributed by atoms with van der Waals surface area (Å²) in [6, 6.07) is 0.354. The first-order valence-electron chi connectivity index (χ1n) is 6.36. The molecule has 88 valence electrons. The average molecular weight is 221 g/mol. The standard InChI is InChI=1S/C13H19NO2/c1-3-13-6-4-8-14-11(13)10(5-7-13)9(2)16-12(14)15/h11H,3-8H2,1-2H3/t11-,13-/m0/s1. The number of carbonyl (C=O) groups is 1. The average Bonchev–Trinajstić information content (AvgIpc) is 2.67. The quantitative estimate of drug-likeness (QED) is 0.681. The summed E-state index contributed by atoms with van der Waals surface area (Å²) in [5, 5.41) is 0. The summed E-state index contributed by atoms with van der Waals surface area (Å²) in [4.78, 5) is 13.9. The van der Waals surface area contributed by atoms with Gasteiger partial charge in [-0.1, -0.05) is 6.92 Å². The predicted octanol–water partition coefficient (Wildman–Crippen LogP) is 3.07. The lowest BCUT2D eigenvalue weighted by molar-refractivity contribution is 0.0285. The molecule has 0 N–H and O–H groups in total. The Morgan fingerprint density at radius 1 is 1.50 bits per heavy atom. The largest absolute Gasteiger partial charge is 0.415 e. The van der Waals surface area contributed by atoms with Crippen molar-refractivity contribution in [1.29, 1.82) is 0 Å². The van der Waals surface area contributed by atoms with Crippen LogP contribution in [0.3, 0.4) is 0 Å². The molecular formula is C13H19NO2. The SMILES string of the molecule is CC[C@]12CCCN3C(=O)OC(C)=C(CC1)[C@H]32. The van der Waals surface area contributed by atoms with Crippen LogP contribution in [0.2, 0.25) is 0 Å². The molecule has 3 aliphatic rings. The maximum absolute atomic E-state index is 11.9. The normalized spacial score (nSPS) is 37.5. The molecule has 3 heteroatoms. The third kappa shape index (κ3) is 1.12. The van der Waals surface area contributed by atoms with Crippen LogP contribution in [0.15, 0.2) is 11.3 Å². The van der Waals surface area contributed by atoms with Gasteiger partial charge in [-0.25, -0.2) is 4.79 Å². The Kier molecular flexibility index (Phi) is 2.07. The molecule has 0 aromatic carbocycles. The minimum absolute atomic E-state index is 0.120. The maximum Gasteiger partial charge on any atom is 0.415 e. The molecule has 0 aromatic heterocycles. The minimum Gasteiger partial charge on any atom is -0.415 e. The topological polar surface area (TPSA) is 29.5 Å². The molecule has 0 radical (unpaired) electrons. The van der Waals surface area contributed by atoms with Gasteiger partial charge in [0.2, 0.25) is 0 Å². The van der Waals surface area contributed by atoms with Crippen LogP contribution in [-0.4, -0.2) is 23.6 Å². The lowest BCUT2D eigenvalue weighted by Gasteiger charge is -2.47. The molecule has 16 heavy (non-hydrogen) atoms. The predicted molar refractivity (Wildman–Crippen MR) is 60.9 cm³/mol. The first-order chi connectivity index (χ1) is 7.68. The van der Waals surface area contributed by atoms with E-state index in [1.807, 2.05) is 11.8 Å². The van der Waals surface area contributed by atoms with Gasteiger partial charge in [-0.15, -0.1) is 0 Å². The van der Waals surface area contributed by atoms with E-state index in [0.717, 1.165) is 25.1 Å². The van der Waals surface area contributed by atoms with E-state index < -0.39 is 0 Å². The summed E-state index contributed by atoms with van der Waals surface area (Å²) in [5.41, 5.74) is 1.75. The number of hydrogen-bond acceptors (Lipinski definition) is 2. The number of ether oxygens (including phenoxy) is 1. The summed E-state index contributed by atoms with van der Waals surface area (Å²) in [7, 11) is 0. The Morgan fingerprint density at radius 3 is 3.06 bits per heavy atom. The summed E-state index contributed by atoms with van der Waals surface area (Å²) >= 11 is 0. The Bertz CT molecular complexity index is 374. The molecule has 0 spiro atoms. The number of nitrogens with zero attached hydrogens (tertiary/aromatic N) is 1. The second-order valence-electron chi connectivity index (χ2n) is 5.36. The van der Waals surface area contributed by atoms with Gasteiger partial charge in [0.25, 0.3) is 0 Å². The van der Waals surface area contributed by atoms with Crippen molar-refractivity contribution in [1.82, 2.24) is 4.90 Å². The van der Waals surface area contributed by atoms with E-state index in [1.54, 1.807) is 0 Å². The summed E-state index contributed by atoms with van der Waals surface area (Å²) < 4.78 is 5.34. The molecule has 1 aliphatic carbocycles. The highest BCUT2D eigenvalue weighted by Crippen LogP contribution is 2.54. The molecule has 3 nitrogen and oxygen atoms in total. The minimum atomic E-state index is -0.120. The van der Waals surface area contributed by atoms with Gasteiger partial charge in [-0.2, -0.15) is 0 Å². The van der Waals surface area contributed by atoms with Crippen molar-refractivity contribution in [3.05, 3.63) is 11.3 Å². The molecule has 1 saturated heterocycles. The third-order valence-electron chi connectivity index (χ3n) is 4.82. The molecule has 2 aliphatic heterocycles. The van der Waals surface area contributed by atoms with Crippen LogP contribution in [0.5, 0.6) is 0 Å². The molecule has 2 atom stereocenters. The summed E-state index contributed by atoms with van der Waals surface area (Å²) in [6.45, 7) is 5.09. The van der Waals surface area contributed by atoms with Gasteiger partial charge in [0.05, 0.1) is 6.04 Å². The van der Waals surface area contributed by atoms with Crippen LogP contribution in [0.4, 0.5) is 4.79 Å². The van der Waals surface area contributed by atoms with Gasteiger partial charge in [0.1, 0.15) is 5.76 Å². The van der Waals surface area contributed by atoms with Gasteiger partial charge in [0, 0.05) is 6.54 Å². The zero-order valence-electron chi connectivity index (χ0n) is 10.1. The van der Waals surface area contributed by atoms with E-state index in [2.05, 4.69) is 6.92 Å². The molecule has 0 aromatic rings. The van der Waals surface area contributed by atoms with E-state index in [9.17, 15) is 4.79 Å². The molecule has 2 fully saturated rings. The second kappa shape index (κ2) is 3.25. The van der Waals surface area contributed by atoms with Crippen molar-refractivity contribution in [3.8, 4) is 0 Å². The van der Waals surface area contributed by atoms with Crippen molar-refractivity contribution in [2.45, 2.75) is 52.0 Å². The van der Waals surface area contributed by atoms with Crippen LogP contribution in [-0.2, 0) is 4.74 Å². The lowest BCUT2D eigenvalue weighted by Crippen LogP contribution is -2.54. The highest BCUT2D eigenvalue weighted by Gasteiger charge is 2.53. The first-order valence-corrected chi connectivity index (χ1v) is 6.36. The van der Waals surface area contributed by atoms with Crippen LogP contribution in [0, 0.1) is 5.41 Å². The molecule has 2 heterocycles. The number of carbonyl (C=O) groups excluding carboxylic acids is 1. The number of hydrogen-bond donors (Lipinski definition) is 0.